The van der Waals surface area contributed by atoms with Gasteiger partial charge in [0.1, 0.15) is 17.8 Å². The molecular formula is C12H9FN2O2. The number of aromatic nitrogens is 1. The maximum absolute atomic E-state index is 13.3. The summed E-state index contributed by atoms with van der Waals surface area (Å²) in [4.78, 5) is 24.0. The van der Waals surface area contributed by atoms with Crippen LogP contribution in [0.25, 0.3) is 17.0 Å². The van der Waals surface area contributed by atoms with Crippen LogP contribution in [0, 0.1) is 5.82 Å². The van der Waals surface area contributed by atoms with Crippen molar-refractivity contribution in [2.75, 3.05) is 0 Å². The van der Waals surface area contributed by atoms with E-state index in [4.69, 9.17) is 5.73 Å². The third kappa shape index (κ3) is 2.08. The second-order valence-corrected chi connectivity index (χ2v) is 3.50. The van der Waals surface area contributed by atoms with Crippen molar-refractivity contribution in [1.82, 2.24) is 4.98 Å². The van der Waals surface area contributed by atoms with Gasteiger partial charge in [-0.3, -0.25) is 9.59 Å². The molecule has 5 heteroatoms. The number of amides is 1. The molecule has 0 aliphatic heterocycles. The molecule has 0 saturated carbocycles. The first-order chi connectivity index (χ1) is 8.11. The van der Waals surface area contributed by atoms with Gasteiger partial charge in [0.25, 0.3) is 5.91 Å². The number of aromatic amines is 1. The van der Waals surface area contributed by atoms with Gasteiger partial charge in [-0.15, -0.1) is 0 Å². The number of fused-ring (bicyclic) bond motifs is 1. The number of carbonyl (C=O) groups excluding carboxylic acids is 2. The molecule has 17 heavy (non-hydrogen) atoms. The van der Waals surface area contributed by atoms with Crippen LogP contribution in [0.15, 0.2) is 24.3 Å². The van der Waals surface area contributed by atoms with Crippen LogP contribution in [0.2, 0.25) is 0 Å². The molecule has 1 amide bonds. The Bertz CT molecular complexity index is 629. The zero-order valence-electron chi connectivity index (χ0n) is 8.74. The van der Waals surface area contributed by atoms with Crippen LogP contribution in [0.4, 0.5) is 4.39 Å². The van der Waals surface area contributed by atoms with E-state index in [9.17, 15) is 14.0 Å². The standard InChI is InChI=1S/C12H9FN2O2/c13-9-4-7(2-1-3-16)11-8(5-9)6-10(15-11)12(14)17/h1-6,15H,(H2,14,17)/b2-1+. The summed E-state index contributed by atoms with van der Waals surface area (Å²) in [5.74, 6) is -1.06. The van der Waals surface area contributed by atoms with Crippen LogP contribution in [-0.4, -0.2) is 17.2 Å². The Labute approximate surface area is 95.9 Å². The van der Waals surface area contributed by atoms with Gasteiger partial charge in [-0.25, -0.2) is 4.39 Å². The lowest BCUT2D eigenvalue weighted by Gasteiger charge is -1.97. The molecule has 1 aromatic carbocycles. The van der Waals surface area contributed by atoms with Gasteiger partial charge in [-0.1, -0.05) is 0 Å². The second kappa shape index (κ2) is 4.21. The van der Waals surface area contributed by atoms with E-state index >= 15 is 0 Å². The summed E-state index contributed by atoms with van der Waals surface area (Å²) in [6.07, 6.45) is 3.30. The predicted octanol–water partition coefficient (Wildman–Crippen LogP) is 1.62. The molecule has 0 unspecified atom stereocenters. The Kier molecular flexibility index (Phi) is 2.74. The molecule has 1 aromatic heterocycles. The zero-order chi connectivity index (χ0) is 12.4. The van der Waals surface area contributed by atoms with Crippen LogP contribution in [0.5, 0.6) is 0 Å². The van der Waals surface area contributed by atoms with Gasteiger partial charge >= 0.3 is 0 Å². The fourth-order valence-corrected chi connectivity index (χ4v) is 1.64. The van der Waals surface area contributed by atoms with Gasteiger partial charge in [-0.2, -0.15) is 0 Å². The highest BCUT2D eigenvalue weighted by atomic mass is 19.1. The topological polar surface area (TPSA) is 76.0 Å². The molecule has 0 atom stereocenters. The Hall–Kier alpha value is -2.43. The third-order valence-electron chi connectivity index (χ3n) is 2.34. The molecule has 0 saturated heterocycles. The number of halogens is 1. The van der Waals surface area contributed by atoms with Crippen LogP contribution < -0.4 is 5.73 Å². The lowest BCUT2D eigenvalue weighted by Crippen LogP contribution is -2.10. The van der Waals surface area contributed by atoms with Crippen molar-refractivity contribution < 1.29 is 14.0 Å². The number of primary amides is 1. The quantitative estimate of drug-likeness (QED) is 0.623. The lowest BCUT2D eigenvalue weighted by atomic mass is 10.1. The summed E-state index contributed by atoms with van der Waals surface area (Å²) in [5, 5.41) is 0.532. The molecule has 2 rings (SSSR count). The fourth-order valence-electron chi connectivity index (χ4n) is 1.64. The van der Waals surface area contributed by atoms with Crippen molar-refractivity contribution >= 4 is 29.2 Å². The van der Waals surface area contributed by atoms with Crippen LogP contribution in [0.3, 0.4) is 0 Å². The normalized spacial score (nSPS) is 11.1. The van der Waals surface area contributed by atoms with E-state index in [1.165, 1.54) is 30.4 Å². The molecule has 4 nitrogen and oxygen atoms in total. The summed E-state index contributed by atoms with van der Waals surface area (Å²) in [6, 6.07) is 4.03. The average molecular weight is 232 g/mol. The molecule has 3 N–H and O–H groups in total. The van der Waals surface area contributed by atoms with E-state index < -0.39 is 11.7 Å². The molecule has 0 radical (unpaired) electrons. The molecule has 0 spiro atoms. The number of H-pyrrole nitrogens is 1. The van der Waals surface area contributed by atoms with Crippen LogP contribution >= 0.6 is 0 Å². The monoisotopic (exact) mass is 232 g/mol. The maximum Gasteiger partial charge on any atom is 0.265 e. The molecule has 0 fully saturated rings. The van der Waals surface area contributed by atoms with Crippen molar-refractivity contribution in [2.24, 2.45) is 5.73 Å². The van der Waals surface area contributed by atoms with E-state index in [0.29, 0.717) is 22.8 Å². The van der Waals surface area contributed by atoms with Crippen molar-refractivity contribution in [3.05, 3.63) is 41.3 Å². The smallest absolute Gasteiger partial charge is 0.265 e. The number of aldehydes is 1. The number of allylic oxidation sites excluding steroid dienone is 1. The number of nitrogens with one attached hydrogen (secondary N) is 1. The SMILES string of the molecule is NC(=O)c1cc2cc(F)cc(/C=C/C=O)c2[nH]1. The molecule has 86 valence electrons. The Balaban J connectivity index is 2.69. The van der Waals surface area contributed by atoms with E-state index in [-0.39, 0.29) is 5.69 Å². The van der Waals surface area contributed by atoms with Gasteiger partial charge < -0.3 is 10.7 Å². The van der Waals surface area contributed by atoms with E-state index in [2.05, 4.69) is 4.98 Å². The van der Waals surface area contributed by atoms with E-state index in [0.717, 1.165) is 0 Å². The summed E-state index contributed by atoms with van der Waals surface area (Å²) in [6.45, 7) is 0. The van der Waals surface area contributed by atoms with Crippen molar-refractivity contribution in [3.8, 4) is 0 Å². The minimum Gasteiger partial charge on any atom is -0.364 e. The number of carbonyl (C=O) groups is 2. The average Bonchev–Trinajstić information content (AvgIpc) is 2.69. The minimum atomic E-state index is -0.619. The van der Waals surface area contributed by atoms with Gasteiger partial charge in [0.2, 0.25) is 0 Å². The van der Waals surface area contributed by atoms with Crippen molar-refractivity contribution in [3.63, 3.8) is 0 Å². The van der Waals surface area contributed by atoms with E-state index in [1.807, 2.05) is 0 Å². The van der Waals surface area contributed by atoms with Crippen molar-refractivity contribution in [1.29, 1.82) is 0 Å². The largest absolute Gasteiger partial charge is 0.364 e. The van der Waals surface area contributed by atoms with Gasteiger partial charge in [0.15, 0.2) is 0 Å². The van der Waals surface area contributed by atoms with Crippen LogP contribution in [-0.2, 0) is 4.79 Å². The number of hydrogen-bond acceptors (Lipinski definition) is 2. The highest BCUT2D eigenvalue weighted by Crippen LogP contribution is 2.22. The Morgan fingerprint density at radius 2 is 2.12 bits per heavy atom. The summed E-state index contributed by atoms with van der Waals surface area (Å²) < 4.78 is 13.3. The number of nitrogens with two attached hydrogens (primary N) is 1. The molecule has 2 aromatic rings. The summed E-state index contributed by atoms with van der Waals surface area (Å²) in [7, 11) is 0. The first-order valence-corrected chi connectivity index (χ1v) is 4.85. The third-order valence-corrected chi connectivity index (χ3v) is 2.34. The second-order valence-electron chi connectivity index (χ2n) is 3.50. The molecular weight excluding hydrogens is 223 g/mol. The lowest BCUT2D eigenvalue weighted by molar-refractivity contribution is -0.104. The Morgan fingerprint density at radius 1 is 1.35 bits per heavy atom. The van der Waals surface area contributed by atoms with Crippen LogP contribution in [0.1, 0.15) is 16.1 Å². The number of hydrogen-bond donors (Lipinski definition) is 2. The molecule has 0 aliphatic rings. The van der Waals surface area contributed by atoms with E-state index in [1.54, 1.807) is 0 Å². The highest BCUT2D eigenvalue weighted by molar-refractivity contribution is 5.99. The summed E-state index contributed by atoms with van der Waals surface area (Å²) in [5.41, 5.74) is 6.38. The first-order valence-electron chi connectivity index (χ1n) is 4.85. The maximum atomic E-state index is 13.3. The Morgan fingerprint density at radius 3 is 2.76 bits per heavy atom. The zero-order valence-corrected chi connectivity index (χ0v) is 8.74. The van der Waals surface area contributed by atoms with Gasteiger partial charge in [0, 0.05) is 10.9 Å². The molecule has 1 heterocycles. The molecule has 0 aliphatic carbocycles. The first kappa shape index (κ1) is 11.1. The summed E-state index contributed by atoms with van der Waals surface area (Å²) >= 11 is 0. The fraction of sp³-hybridized carbons (Fsp3) is 0. The predicted molar refractivity (Wildman–Crippen MR) is 61.9 cm³/mol. The number of rotatable bonds is 3. The van der Waals surface area contributed by atoms with Gasteiger partial charge in [-0.05, 0) is 30.4 Å². The minimum absolute atomic E-state index is 0.200. The van der Waals surface area contributed by atoms with Gasteiger partial charge in [0.05, 0.1) is 5.52 Å². The highest BCUT2D eigenvalue weighted by Gasteiger charge is 2.09. The van der Waals surface area contributed by atoms with Crippen molar-refractivity contribution in [2.45, 2.75) is 0 Å². The number of benzene rings is 1. The molecule has 0 bridgehead atoms.